The summed E-state index contributed by atoms with van der Waals surface area (Å²) in [7, 11) is -3.12. The maximum Gasteiger partial charge on any atom is 0.178 e. The third kappa shape index (κ3) is 3.22. The minimum absolute atomic E-state index is 0.129. The third-order valence-corrected chi connectivity index (χ3v) is 5.08. The van der Waals surface area contributed by atoms with Crippen molar-refractivity contribution in [1.29, 1.82) is 0 Å². The summed E-state index contributed by atoms with van der Waals surface area (Å²) in [4.78, 5) is 0.377. The Morgan fingerprint density at radius 3 is 2.40 bits per heavy atom. The molecule has 0 saturated heterocycles. The quantitative estimate of drug-likeness (QED) is 0.890. The first-order valence-electron chi connectivity index (χ1n) is 6.77. The maximum atomic E-state index is 11.7. The van der Waals surface area contributed by atoms with E-state index in [0.717, 1.165) is 18.8 Å². The lowest BCUT2D eigenvalue weighted by molar-refractivity contribution is 0.597. The summed E-state index contributed by atoms with van der Waals surface area (Å²) in [6.07, 6.45) is 2.05. The molecule has 0 fully saturated rings. The predicted octanol–water partition coefficient (Wildman–Crippen LogP) is 2.91. The lowest BCUT2D eigenvalue weighted by Gasteiger charge is -2.10. The molecule has 0 aliphatic carbocycles. The second kappa shape index (κ2) is 6.13. The van der Waals surface area contributed by atoms with E-state index in [4.69, 9.17) is 0 Å². The van der Waals surface area contributed by atoms with Crippen molar-refractivity contribution in [3.05, 3.63) is 48.3 Å². The van der Waals surface area contributed by atoms with E-state index in [0.29, 0.717) is 4.90 Å². The Hall–Kier alpha value is -1.75. The number of benzene rings is 1. The molecule has 0 aliphatic heterocycles. The van der Waals surface area contributed by atoms with E-state index < -0.39 is 9.84 Å². The minimum Gasteiger partial charge on any atom is -0.379 e. The molecule has 0 radical (unpaired) electrons. The number of aromatic nitrogens is 1. The summed E-state index contributed by atoms with van der Waals surface area (Å²) in [5.41, 5.74) is 2.13. The van der Waals surface area contributed by atoms with Crippen LogP contribution in [0.25, 0.3) is 0 Å². The zero-order chi connectivity index (χ0) is 14.6. The van der Waals surface area contributed by atoms with Gasteiger partial charge in [-0.2, -0.15) is 0 Å². The second-order valence-corrected chi connectivity index (χ2v) is 6.85. The van der Waals surface area contributed by atoms with Crippen LogP contribution in [0.5, 0.6) is 0 Å². The van der Waals surface area contributed by atoms with E-state index in [-0.39, 0.29) is 5.75 Å². The highest BCUT2D eigenvalue weighted by Gasteiger charge is 2.10. The molecule has 2 rings (SSSR count). The minimum atomic E-state index is -3.12. The molecule has 0 amide bonds. The molecular weight excluding hydrogens is 272 g/mol. The fraction of sp³-hybridized carbons (Fsp3) is 0.333. The molecule has 0 bridgehead atoms. The number of anilines is 1. The Morgan fingerprint density at radius 2 is 1.80 bits per heavy atom. The molecule has 5 heteroatoms. The Labute approximate surface area is 120 Å². The molecule has 1 N–H and O–H groups in total. The first kappa shape index (κ1) is 14.7. The van der Waals surface area contributed by atoms with Crippen LogP contribution in [-0.4, -0.2) is 18.7 Å². The number of rotatable bonds is 6. The molecule has 108 valence electrons. The largest absolute Gasteiger partial charge is 0.379 e. The van der Waals surface area contributed by atoms with Crippen LogP contribution < -0.4 is 5.32 Å². The van der Waals surface area contributed by atoms with Gasteiger partial charge in [-0.05, 0) is 43.3 Å². The van der Waals surface area contributed by atoms with Gasteiger partial charge >= 0.3 is 0 Å². The van der Waals surface area contributed by atoms with Crippen LogP contribution in [0, 0.1) is 0 Å². The zero-order valence-electron chi connectivity index (χ0n) is 11.8. The van der Waals surface area contributed by atoms with E-state index in [1.54, 1.807) is 19.1 Å². The van der Waals surface area contributed by atoms with E-state index in [1.807, 2.05) is 24.4 Å². The highest BCUT2D eigenvalue weighted by Crippen LogP contribution is 2.16. The van der Waals surface area contributed by atoms with Gasteiger partial charge in [-0.1, -0.05) is 6.92 Å². The van der Waals surface area contributed by atoms with Crippen molar-refractivity contribution in [2.45, 2.75) is 31.8 Å². The number of aryl methyl sites for hydroxylation is 1. The Kier molecular flexibility index (Phi) is 4.49. The summed E-state index contributed by atoms with van der Waals surface area (Å²) in [6, 6.07) is 11.0. The third-order valence-electron chi connectivity index (χ3n) is 3.33. The Balaban J connectivity index is 2.05. The van der Waals surface area contributed by atoms with Crippen LogP contribution in [0.1, 0.15) is 19.5 Å². The van der Waals surface area contributed by atoms with E-state index >= 15 is 0 Å². The predicted molar refractivity (Wildman–Crippen MR) is 81.6 cm³/mol. The molecule has 0 saturated carbocycles. The number of nitrogens with zero attached hydrogens (tertiary/aromatic N) is 1. The summed E-state index contributed by atoms with van der Waals surface area (Å²) >= 11 is 0. The second-order valence-electron chi connectivity index (χ2n) is 4.57. The van der Waals surface area contributed by atoms with Crippen LogP contribution >= 0.6 is 0 Å². The zero-order valence-corrected chi connectivity index (χ0v) is 12.7. The molecule has 20 heavy (non-hydrogen) atoms. The van der Waals surface area contributed by atoms with Crippen LogP contribution in [-0.2, 0) is 22.9 Å². The fourth-order valence-electron chi connectivity index (χ4n) is 2.06. The number of hydrogen-bond acceptors (Lipinski definition) is 3. The summed E-state index contributed by atoms with van der Waals surface area (Å²) in [5.74, 6) is 0.129. The smallest absolute Gasteiger partial charge is 0.178 e. The SMILES string of the molecule is CCn1cccc1CNc1ccc(S(=O)(=O)CC)cc1. The number of sulfone groups is 1. The van der Waals surface area contributed by atoms with E-state index in [9.17, 15) is 8.42 Å². The maximum absolute atomic E-state index is 11.7. The van der Waals surface area contributed by atoms with Crippen molar-refractivity contribution in [1.82, 2.24) is 4.57 Å². The normalized spacial score (nSPS) is 11.5. The van der Waals surface area contributed by atoms with Crippen LogP contribution in [0.3, 0.4) is 0 Å². The van der Waals surface area contributed by atoms with Crippen molar-refractivity contribution in [3.63, 3.8) is 0 Å². The van der Waals surface area contributed by atoms with Gasteiger partial charge < -0.3 is 9.88 Å². The molecule has 0 aliphatic rings. The average molecular weight is 292 g/mol. The van der Waals surface area contributed by atoms with Gasteiger partial charge in [0.15, 0.2) is 9.84 Å². The molecule has 2 aromatic rings. The van der Waals surface area contributed by atoms with Gasteiger partial charge in [-0.15, -0.1) is 0 Å². The highest BCUT2D eigenvalue weighted by molar-refractivity contribution is 7.91. The van der Waals surface area contributed by atoms with Gasteiger partial charge in [0, 0.05) is 24.1 Å². The van der Waals surface area contributed by atoms with Crippen molar-refractivity contribution < 1.29 is 8.42 Å². The van der Waals surface area contributed by atoms with E-state index in [1.165, 1.54) is 5.69 Å². The molecule has 4 nitrogen and oxygen atoms in total. The van der Waals surface area contributed by atoms with E-state index in [2.05, 4.69) is 22.9 Å². The van der Waals surface area contributed by atoms with Crippen molar-refractivity contribution in [2.24, 2.45) is 0 Å². The van der Waals surface area contributed by atoms with Crippen molar-refractivity contribution >= 4 is 15.5 Å². The fourth-order valence-corrected chi connectivity index (χ4v) is 2.94. The molecular formula is C15H20N2O2S. The lowest BCUT2D eigenvalue weighted by Crippen LogP contribution is -2.07. The van der Waals surface area contributed by atoms with Crippen LogP contribution in [0.4, 0.5) is 5.69 Å². The highest BCUT2D eigenvalue weighted by atomic mass is 32.2. The molecule has 0 spiro atoms. The van der Waals surface area contributed by atoms with Gasteiger partial charge in [0.1, 0.15) is 0 Å². The molecule has 1 aromatic heterocycles. The topological polar surface area (TPSA) is 51.1 Å². The standard InChI is InChI=1S/C15H20N2O2S/c1-3-17-11-5-6-14(17)12-16-13-7-9-15(10-8-13)20(18,19)4-2/h5-11,16H,3-4,12H2,1-2H3. The molecule has 0 unspecified atom stereocenters. The van der Waals surface area contributed by atoms with Crippen LogP contribution in [0.15, 0.2) is 47.5 Å². The Bertz CT molecular complexity index is 657. The lowest BCUT2D eigenvalue weighted by atomic mass is 10.3. The van der Waals surface area contributed by atoms with Crippen molar-refractivity contribution in [2.75, 3.05) is 11.1 Å². The van der Waals surface area contributed by atoms with Gasteiger partial charge in [0.25, 0.3) is 0 Å². The summed E-state index contributed by atoms with van der Waals surface area (Å²) in [5, 5.41) is 3.30. The molecule has 1 aromatic carbocycles. The van der Waals surface area contributed by atoms with Gasteiger partial charge in [0.2, 0.25) is 0 Å². The summed E-state index contributed by atoms with van der Waals surface area (Å²) < 4.78 is 25.6. The molecule has 0 atom stereocenters. The van der Waals surface area contributed by atoms with Crippen LogP contribution in [0.2, 0.25) is 0 Å². The first-order valence-corrected chi connectivity index (χ1v) is 8.42. The summed E-state index contributed by atoms with van der Waals surface area (Å²) in [6.45, 7) is 5.42. The number of hydrogen-bond donors (Lipinski definition) is 1. The van der Waals surface area contributed by atoms with Gasteiger partial charge in [-0.25, -0.2) is 8.42 Å². The van der Waals surface area contributed by atoms with Gasteiger partial charge in [0.05, 0.1) is 17.2 Å². The monoisotopic (exact) mass is 292 g/mol. The Morgan fingerprint density at radius 1 is 1.10 bits per heavy atom. The van der Waals surface area contributed by atoms with Gasteiger partial charge in [-0.3, -0.25) is 0 Å². The average Bonchev–Trinajstić information content (AvgIpc) is 2.93. The molecule has 1 heterocycles. The van der Waals surface area contributed by atoms with Crippen molar-refractivity contribution in [3.8, 4) is 0 Å². The number of nitrogens with one attached hydrogen (secondary N) is 1. The first-order chi connectivity index (χ1) is 9.56.